The van der Waals surface area contributed by atoms with Gasteiger partial charge in [0.05, 0.1) is 11.4 Å². The van der Waals surface area contributed by atoms with Crippen molar-refractivity contribution in [2.24, 2.45) is 22.7 Å². The second-order valence-electron chi connectivity index (χ2n) is 13.0. The summed E-state index contributed by atoms with van der Waals surface area (Å²) in [7, 11) is 0. The molecule has 3 rings (SSSR count). The predicted molar refractivity (Wildman–Crippen MR) is 184 cm³/mol. The highest BCUT2D eigenvalue weighted by Crippen LogP contribution is 2.26. The molecule has 1 heterocycles. The number of aliphatic imine (C=N–C) groups is 1. The Labute approximate surface area is 268 Å². The smallest absolute Gasteiger partial charge is 0.323 e. The molecule has 1 aliphatic carbocycles. The maximum absolute atomic E-state index is 12.8. The third-order valence-electron chi connectivity index (χ3n) is 8.75. The lowest BCUT2D eigenvalue weighted by Gasteiger charge is -2.23. The number of Topliss-reactive ketones (excluding diaryl/α,β-unsaturated/α-hetero) is 1. The van der Waals surface area contributed by atoms with E-state index in [0.29, 0.717) is 13.0 Å². The Hall–Kier alpha value is -2.57. The van der Waals surface area contributed by atoms with Crippen LogP contribution in [-0.4, -0.2) is 42.8 Å². The third kappa shape index (κ3) is 12.4. The molecule has 1 aromatic rings. The number of aryl methyl sites for hydroxylation is 1. The first kappa shape index (κ1) is 37.6. The molecule has 1 aromatic carbocycles. The van der Waals surface area contributed by atoms with E-state index in [2.05, 4.69) is 51.2 Å². The van der Waals surface area contributed by atoms with Gasteiger partial charge in [0.25, 0.3) is 0 Å². The molecule has 1 atom stereocenters. The van der Waals surface area contributed by atoms with Gasteiger partial charge in [0, 0.05) is 26.2 Å². The highest BCUT2D eigenvalue weighted by molar-refractivity contribution is 6.07. The lowest BCUT2D eigenvalue weighted by Crippen LogP contribution is -2.42. The average Bonchev–Trinajstić information content (AvgIpc) is 3.53. The molecule has 2 fully saturated rings. The molecule has 1 saturated heterocycles. The van der Waals surface area contributed by atoms with Gasteiger partial charge < -0.3 is 14.8 Å². The molecule has 0 bridgehead atoms. The van der Waals surface area contributed by atoms with Crippen molar-refractivity contribution in [3.63, 3.8) is 0 Å². The van der Waals surface area contributed by atoms with E-state index in [1.165, 1.54) is 19.3 Å². The number of carbonyl (C=O) groups is 2. The maximum atomic E-state index is 12.8. The van der Waals surface area contributed by atoms with E-state index < -0.39 is 0 Å². The molecule has 0 radical (unpaired) electrons. The van der Waals surface area contributed by atoms with Crippen LogP contribution in [0.15, 0.2) is 46.5 Å². The van der Waals surface area contributed by atoms with Gasteiger partial charge in [-0.2, -0.15) is 0 Å². The quantitative estimate of drug-likeness (QED) is 0.105. The lowest BCUT2D eigenvalue weighted by molar-refractivity contribution is -0.152. The monoisotopic (exact) mass is 608 g/mol. The Kier molecular flexibility index (Phi) is 16.9. The van der Waals surface area contributed by atoms with E-state index in [1.54, 1.807) is 0 Å². The highest BCUT2D eigenvalue weighted by atomic mass is 16.5. The summed E-state index contributed by atoms with van der Waals surface area (Å²) in [6.45, 7) is 20.9. The van der Waals surface area contributed by atoms with Crippen molar-refractivity contribution in [1.29, 1.82) is 0 Å². The van der Waals surface area contributed by atoms with Crippen molar-refractivity contribution in [2.45, 2.75) is 132 Å². The SMILES string of the molecule is C/C=C(\C=C(\C)C(=O)CC)C(=Nc1cc(CNC(C(=O)OC2CCCC2)C(C)C)ccc1C)C(C)C.CCC1CCOCC1. The van der Waals surface area contributed by atoms with Crippen LogP contribution in [0.25, 0.3) is 0 Å². The van der Waals surface area contributed by atoms with Gasteiger partial charge in [-0.25, -0.2) is 0 Å². The Balaban J connectivity index is 0.000000727. The van der Waals surface area contributed by atoms with Crippen molar-refractivity contribution in [3.05, 3.63) is 52.6 Å². The molecular weight excluding hydrogens is 548 g/mol. The standard InChI is InChI=1S/C31H46N2O3.C7H14O/c1-9-25(17-23(8)28(34)10-2)29(20(3)4)33-27-18-24(16-15-22(27)7)19-32-30(21(5)6)31(35)36-26-13-11-12-14-26;1-2-7-3-5-8-6-4-7/h9,15-18,20-21,26,30,32H,10-14,19H2,1-8H3;7H,2-6H2,1H3/b23-17-,25-9+,33-29?;. The molecule has 44 heavy (non-hydrogen) atoms. The zero-order valence-electron chi connectivity index (χ0n) is 29.1. The normalized spacial score (nSPS) is 17.9. The number of ketones is 1. The molecule has 1 saturated carbocycles. The number of carbonyl (C=O) groups excluding carboxylic acids is 2. The van der Waals surface area contributed by atoms with Gasteiger partial charge in [0.15, 0.2) is 5.78 Å². The van der Waals surface area contributed by atoms with Crippen molar-refractivity contribution >= 4 is 23.2 Å². The third-order valence-corrected chi connectivity index (χ3v) is 8.75. The minimum atomic E-state index is -0.344. The Morgan fingerprint density at radius 1 is 1.07 bits per heavy atom. The van der Waals surface area contributed by atoms with Gasteiger partial charge in [-0.05, 0) is 111 Å². The van der Waals surface area contributed by atoms with Crippen LogP contribution in [-0.2, 0) is 25.6 Å². The molecule has 1 unspecified atom stereocenters. The fourth-order valence-electron chi connectivity index (χ4n) is 5.66. The second-order valence-corrected chi connectivity index (χ2v) is 13.0. The number of nitrogens with zero attached hydrogens (tertiary/aromatic N) is 1. The molecule has 1 N–H and O–H groups in total. The van der Waals surface area contributed by atoms with Crippen LogP contribution in [0.3, 0.4) is 0 Å². The fraction of sp³-hybridized carbons (Fsp3) is 0.658. The van der Waals surface area contributed by atoms with Crippen molar-refractivity contribution in [3.8, 4) is 0 Å². The van der Waals surface area contributed by atoms with Crippen LogP contribution < -0.4 is 5.32 Å². The molecular formula is C38H60N2O4. The van der Waals surface area contributed by atoms with Crippen molar-refractivity contribution in [2.75, 3.05) is 13.2 Å². The molecule has 0 aromatic heterocycles. The first-order valence-electron chi connectivity index (χ1n) is 17.1. The Bertz CT molecular complexity index is 1140. The van der Waals surface area contributed by atoms with E-state index in [1.807, 2.05) is 46.8 Å². The molecule has 246 valence electrons. The van der Waals surface area contributed by atoms with Gasteiger partial charge in [-0.15, -0.1) is 0 Å². The molecule has 0 amide bonds. The number of allylic oxidation sites excluding steroid dienone is 4. The number of ether oxygens (including phenoxy) is 2. The van der Waals surface area contributed by atoms with Crippen LogP contribution in [0, 0.1) is 24.7 Å². The number of rotatable bonds is 13. The summed E-state index contributed by atoms with van der Waals surface area (Å²) in [6, 6.07) is 5.90. The van der Waals surface area contributed by atoms with E-state index in [4.69, 9.17) is 14.5 Å². The van der Waals surface area contributed by atoms with Crippen LogP contribution >= 0.6 is 0 Å². The van der Waals surface area contributed by atoms with E-state index in [9.17, 15) is 9.59 Å². The van der Waals surface area contributed by atoms with Crippen LogP contribution in [0.4, 0.5) is 5.69 Å². The zero-order chi connectivity index (χ0) is 32.6. The first-order chi connectivity index (χ1) is 21.0. The predicted octanol–water partition coefficient (Wildman–Crippen LogP) is 9.02. The molecule has 6 nitrogen and oxygen atoms in total. The summed E-state index contributed by atoms with van der Waals surface area (Å²) in [5.41, 5.74) is 5.73. The van der Waals surface area contributed by atoms with E-state index >= 15 is 0 Å². The maximum Gasteiger partial charge on any atom is 0.323 e. The molecule has 2 aliphatic rings. The second kappa shape index (κ2) is 19.7. The number of hydrogen-bond acceptors (Lipinski definition) is 6. The number of hydrogen-bond donors (Lipinski definition) is 1. The van der Waals surface area contributed by atoms with Gasteiger partial charge in [0.2, 0.25) is 0 Å². The molecule has 6 heteroatoms. The van der Waals surface area contributed by atoms with E-state index in [-0.39, 0.29) is 35.7 Å². The summed E-state index contributed by atoms with van der Waals surface area (Å²) in [5, 5.41) is 3.43. The highest BCUT2D eigenvalue weighted by Gasteiger charge is 2.27. The topological polar surface area (TPSA) is 77.0 Å². The van der Waals surface area contributed by atoms with Crippen molar-refractivity contribution in [1.82, 2.24) is 5.32 Å². The minimum absolute atomic E-state index is 0.0708. The van der Waals surface area contributed by atoms with Gasteiger partial charge in [-0.3, -0.25) is 14.6 Å². The van der Waals surface area contributed by atoms with Crippen LogP contribution in [0.2, 0.25) is 0 Å². The largest absolute Gasteiger partial charge is 0.461 e. The zero-order valence-corrected chi connectivity index (χ0v) is 29.1. The number of benzene rings is 1. The minimum Gasteiger partial charge on any atom is -0.461 e. The van der Waals surface area contributed by atoms with Gasteiger partial charge >= 0.3 is 5.97 Å². The van der Waals surface area contributed by atoms with Crippen LogP contribution in [0.1, 0.15) is 118 Å². The summed E-state index contributed by atoms with van der Waals surface area (Å²) >= 11 is 0. The first-order valence-corrected chi connectivity index (χ1v) is 17.1. The number of esters is 1. The van der Waals surface area contributed by atoms with Gasteiger partial charge in [0.1, 0.15) is 12.1 Å². The van der Waals surface area contributed by atoms with E-state index in [0.717, 1.165) is 78.5 Å². The molecule has 0 spiro atoms. The summed E-state index contributed by atoms with van der Waals surface area (Å²) in [5.74, 6) is 1.28. The Morgan fingerprint density at radius 3 is 2.25 bits per heavy atom. The number of nitrogens with one attached hydrogen (secondary N) is 1. The average molecular weight is 609 g/mol. The summed E-state index contributed by atoms with van der Waals surface area (Å²) < 4.78 is 11.0. The van der Waals surface area contributed by atoms with Crippen LogP contribution in [0.5, 0.6) is 0 Å². The lowest BCUT2D eigenvalue weighted by atomic mass is 9.96. The summed E-state index contributed by atoms with van der Waals surface area (Å²) in [6.07, 6.45) is 12.7. The fourth-order valence-corrected chi connectivity index (χ4v) is 5.66. The summed E-state index contributed by atoms with van der Waals surface area (Å²) in [4.78, 5) is 30.0. The molecule has 1 aliphatic heterocycles. The Morgan fingerprint density at radius 2 is 1.73 bits per heavy atom. The van der Waals surface area contributed by atoms with Crippen molar-refractivity contribution < 1.29 is 19.1 Å². The van der Waals surface area contributed by atoms with Gasteiger partial charge in [-0.1, -0.05) is 66.2 Å².